The van der Waals surface area contributed by atoms with Gasteiger partial charge in [-0.05, 0) is 5.56 Å². The molecule has 0 spiro atoms. The van der Waals surface area contributed by atoms with E-state index in [0.717, 1.165) is 5.56 Å². The monoisotopic (exact) mass is 250 g/mol. The van der Waals surface area contributed by atoms with Gasteiger partial charge in [-0.2, -0.15) is 0 Å². The van der Waals surface area contributed by atoms with E-state index in [1.54, 1.807) is 12.0 Å². The van der Waals surface area contributed by atoms with E-state index in [1.807, 2.05) is 30.3 Å². The molecule has 1 amide bonds. The summed E-state index contributed by atoms with van der Waals surface area (Å²) in [7, 11) is 1.60. The first kappa shape index (κ1) is 12.9. The van der Waals surface area contributed by atoms with Crippen LogP contribution in [0.5, 0.6) is 0 Å². The summed E-state index contributed by atoms with van der Waals surface area (Å²) in [4.78, 5) is 13.4. The molecule has 5 nitrogen and oxygen atoms in total. The molecule has 1 aromatic carbocycles. The molecule has 1 heterocycles. The number of hydrogen-bond donors (Lipinski definition) is 1. The van der Waals surface area contributed by atoms with E-state index in [-0.39, 0.29) is 24.8 Å². The highest BCUT2D eigenvalue weighted by Crippen LogP contribution is 2.13. The Morgan fingerprint density at radius 3 is 2.72 bits per heavy atom. The lowest BCUT2D eigenvalue weighted by atomic mass is 10.2. The first-order valence-corrected chi connectivity index (χ1v) is 5.94. The molecule has 1 fully saturated rings. The van der Waals surface area contributed by atoms with Crippen LogP contribution in [0.25, 0.3) is 0 Å². The first-order chi connectivity index (χ1) is 8.70. The Kier molecular flexibility index (Phi) is 4.17. The highest BCUT2D eigenvalue weighted by molar-refractivity contribution is 5.68. The minimum atomic E-state index is -0.339. The lowest BCUT2D eigenvalue weighted by molar-refractivity contribution is 0.0820. The number of nitrogens with zero attached hydrogens (tertiary/aromatic N) is 1. The molecule has 5 heteroatoms. The van der Waals surface area contributed by atoms with E-state index < -0.39 is 0 Å². The van der Waals surface area contributed by atoms with Gasteiger partial charge in [-0.15, -0.1) is 0 Å². The molecular weight excluding hydrogens is 232 g/mol. The molecule has 2 rings (SSSR count). The van der Waals surface area contributed by atoms with Gasteiger partial charge in [-0.1, -0.05) is 30.3 Å². The van der Waals surface area contributed by atoms with E-state index in [2.05, 4.69) is 0 Å². The number of benzene rings is 1. The Hall–Kier alpha value is -1.59. The summed E-state index contributed by atoms with van der Waals surface area (Å²) in [6, 6.07) is 9.45. The van der Waals surface area contributed by atoms with Crippen molar-refractivity contribution in [1.29, 1.82) is 0 Å². The second-order valence-corrected chi connectivity index (χ2v) is 4.38. The molecule has 2 atom stereocenters. The van der Waals surface area contributed by atoms with Crippen molar-refractivity contribution < 1.29 is 14.3 Å². The third kappa shape index (κ3) is 3.00. The Morgan fingerprint density at radius 1 is 1.39 bits per heavy atom. The van der Waals surface area contributed by atoms with E-state index >= 15 is 0 Å². The molecule has 0 saturated carbocycles. The van der Waals surface area contributed by atoms with E-state index in [1.165, 1.54) is 0 Å². The molecule has 2 N–H and O–H groups in total. The summed E-state index contributed by atoms with van der Waals surface area (Å²) in [5, 5.41) is 0. The normalized spacial score (nSPS) is 23.1. The zero-order chi connectivity index (χ0) is 13.0. The van der Waals surface area contributed by atoms with E-state index in [4.69, 9.17) is 15.2 Å². The van der Waals surface area contributed by atoms with Gasteiger partial charge in [0, 0.05) is 13.7 Å². The van der Waals surface area contributed by atoms with Gasteiger partial charge in [0.1, 0.15) is 6.61 Å². The second kappa shape index (κ2) is 5.84. The van der Waals surface area contributed by atoms with Gasteiger partial charge in [0.2, 0.25) is 0 Å². The first-order valence-electron chi connectivity index (χ1n) is 5.94. The largest absolute Gasteiger partial charge is 0.445 e. The highest BCUT2D eigenvalue weighted by Gasteiger charge is 2.33. The van der Waals surface area contributed by atoms with Crippen LogP contribution in [0.4, 0.5) is 4.79 Å². The summed E-state index contributed by atoms with van der Waals surface area (Å²) in [6.07, 6.45) is -0.442. The van der Waals surface area contributed by atoms with Crippen LogP contribution in [0.1, 0.15) is 5.56 Å². The summed E-state index contributed by atoms with van der Waals surface area (Å²) in [5.74, 6) is 0. The lowest BCUT2D eigenvalue weighted by Gasteiger charge is -2.15. The summed E-state index contributed by atoms with van der Waals surface area (Å²) in [5.41, 5.74) is 6.82. The van der Waals surface area contributed by atoms with Crippen molar-refractivity contribution in [3.63, 3.8) is 0 Å². The molecule has 0 bridgehead atoms. The molecule has 1 saturated heterocycles. The molecule has 18 heavy (non-hydrogen) atoms. The van der Waals surface area contributed by atoms with Crippen LogP contribution in [0.15, 0.2) is 30.3 Å². The van der Waals surface area contributed by atoms with Crippen LogP contribution in [0.3, 0.4) is 0 Å². The Bertz CT molecular complexity index is 396. The zero-order valence-corrected chi connectivity index (χ0v) is 10.4. The number of carbonyl (C=O) groups excluding carboxylic acids is 1. The van der Waals surface area contributed by atoms with Gasteiger partial charge in [0.15, 0.2) is 0 Å². The van der Waals surface area contributed by atoms with Gasteiger partial charge in [-0.25, -0.2) is 4.79 Å². The van der Waals surface area contributed by atoms with Crippen LogP contribution < -0.4 is 5.73 Å². The predicted octanol–water partition coefficient (Wildman–Crippen LogP) is 0.981. The van der Waals surface area contributed by atoms with Crippen molar-refractivity contribution in [3.05, 3.63) is 35.9 Å². The third-order valence-corrected chi connectivity index (χ3v) is 3.08. The molecule has 1 aliphatic heterocycles. The fourth-order valence-electron chi connectivity index (χ4n) is 2.01. The van der Waals surface area contributed by atoms with Crippen molar-refractivity contribution in [2.75, 3.05) is 20.2 Å². The number of rotatable bonds is 3. The molecule has 1 aromatic rings. The number of amides is 1. The highest BCUT2D eigenvalue weighted by atomic mass is 16.6. The van der Waals surface area contributed by atoms with Gasteiger partial charge >= 0.3 is 6.09 Å². The molecule has 0 radical (unpaired) electrons. The average Bonchev–Trinajstić information content (AvgIpc) is 2.78. The third-order valence-electron chi connectivity index (χ3n) is 3.08. The molecule has 1 unspecified atom stereocenters. The van der Waals surface area contributed by atoms with Crippen molar-refractivity contribution in [2.24, 2.45) is 5.73 Å². The van der Waals surface area contributed by atoms with Crippen LogP contribution in [0.2, 0.25) is 0 Å². The maximum atomic E-state index is 11.8. The maximum Gasteiger partial charge on any atom is 0.410 e. The number of ether oxygens (including phenoxy) is 2. The second-order valence-electron chi connectivity index (χ2n) is 4.38. The van der Waals surface area contributed by atoms with E-state index in [9.17, 15) is 4.79 Å². The zero-order valence-electron chi connectivity index (χ0n) is 10.4. The van der Waals surface area contributed by atoms with Gasteiger partial charge in [-0.3, -0.25) is 0 Å². The number of hydrogen-bond acceptors (Lipinski definition) is 4. The summed E-state index contributed by atoms with van der Waals surface area (Å²) in [6.45, 7) is 1.25. The topological polar surface area (TPSA) is 64.8 Å². The fraction of sp³-hybridized carbons (Fsp3) is 0.462. The standard InChI is InChI=1S/C13H18N2O3/c1-17-12-8-15(7-11(12)14)13(16)18-9-10-5-3-2-4-6-10/h2-6,11-12H,7-9,14H2,1H3/t11-,12?/m0/s1. The van der Waals surface area contributed by atoms with Crippen LogP contribution >= 0.6 is 0 Å². The predicted molar refractivity (Wildman–Crippen MR) is 67.0 cm³/mol. The molecule has 98 valence electrons. The van der Waals surface area contributed by atoms with Gasteiger partial charge in [0.05, 0.1) is 18.7 Å². The Balaban J connectivity index is 1.82. The lowest BCUT2D eigenvalue weighted by Crippen LogP contribution is -2.34. The minimum Gasteiger partial charge on any atom is -0.445 e. The molecular formula is C13H18N2O3. The number of nitrogens with two attached hydrogens (primary N) is 1. The van der Waals surface area contributed by atoms with Crippen LogP contribution in [0, 0.1) is 0 Å². The van der Waals surface area contributed by atoms with Gasteiger partial charge < -0.3 is 20.1 Å². The quantitative estimate of drug-likeness (QED) is 0.868. The minimum absolute atomic E-state index is 0.103. The van der Waals surface area contributed by atoms with Gasteiger partial charge in [0.25, 0.3) is 0 Å². The number of methoxy groups -OCH3 is 1. The van der Waals surface area contributed by atoms with Crippen molar-refractivity contribution in [2.45, 2.75) is 18.8 Å². The molecule has 1 aliphatic rings. The fourth-order valence-corrected chi connectivity index (χ4v) is 2.01. The molecule has 0 aliphatic carbocycles. The molecule has 0 aromatic heterocycles. The smallest absolute Gasteiger partial charge is 0.410 e. The number of carbonyl (C=O) groups is 1. The van der Waals surface area contributed by atoms with Crippen molar-refractivity contribution >= 4 is 6.09 Å². The average molecular weight is 250 g/mol. The number of likely N-dealkylation sites (tertiary alicyclic amines) is 1. The maximum absolute atomic E-state index is 11.8. The Morgan fingerprint density at radius 2 is 2.11 bits per heavy atom. The SMILES string of the molecule is COC1CN(C(=O)OCc2ccccc2)C[C@@H]1N. The van der Waals surface area contributed by atoms with Crippen LogP contribution in [-0.4, -0.2) is 43.3 Å². The summed E-state index contributed by atoms with van der Waals surface area (Å²) >= 11 is 0. The Labute approximate surface area is 106 Å². The van der Waals surface area contributed by atoms with Crippen molar-refractivity contribution in [1.82, 2.24) is 4.90 Å². The summed E-state index contributed by atoms with van der Waals surface area (Å²) < 4.78 is 10.4. The van der Waals surface area contributed by atoms with E-state index in [0.29, 0.717) is 13.1 Å². The van der Waals surface area contributed by atoms with Crippen LogP contribution in [-0.2, 0) is 16.1 Å². The van der Waals surface area contributed by atoms with Crippen molar-refractivity contribution in [3.8, 4) is 0 Å².